The second-order valence-electron chi connectivity index (χ2n) is 4.41. The largest absolute Gasteiger partial charge is 0.377 e. The average Bonchev–Trinajstić information content (AvgIpc) is 2.49. The number of benzene rings is 2. The van der Waals surface area contributed by atoms with Gasteiger partial charge in [-0.15, -0.1) is 0 Å². The van der Waals surface area contributed by atoms with E-state index in [1.807, 2.05) is 25.1 Å². The van der Waals surface area contributed by atoms with Gasteiger partial charge in [0.25, 0.3) is 0 Å². The molecule has 20 heavy (non-hydrogen) atoms. The highest BCUT2D eigenvalue weighted by molar-refractivity contribution is 5.58. The highest BCUT2D eigenvalue weighted by Gasteiger charge is 2.09. The molecule has 1 atom stereocenters. The Morgan fingerprint density at radius 1 is 1.10 bits per heavy atom. The lowest BCUT2D eigenvalue weighted by atomic mass is 10.0. The average molecular weight is 265 g/mol. The van der Waals surface area contributed by atoms with Crippen LogP contribution < -0.4 is 5.32 Å². The molecule has 0 heterocycles. The molecule has 0 saturated carbocycles. The van der Waals surface area contributed by atoms with Gasteiger partial charge in [0.15, 0.2) is 0 Å². The Balaban J connectivity index is 2.26. The molecule has 0 spiro atoms. The monoisotopic (exact) mass is 265 g/mol. The number of rotatable bonds is 3. The van der Waals surface area contributed by atoms with Crippen LogP contribution in [0.1, 0.15) is 29.7 Å². The quantitative estimate of drug-likeness (QED) is 0.919. The third-order valence-electron chi connectivity index (χ3n) is 2.99. The lowest BCUT2D eigenvalue weighted by molar-refractivity contribution is 0.627. The SMILES string of the molecule is CC(Nc1ccc(F)cc1C#N)c1cccc(C#N)c1. The fraction of sp³-hybridized carbons (Fsp3) is 0.125. The summed E-state index contributed by atoms with van der Waals surface area (Å²) in [6, 6.07) is 15.2. The van der Waals surface area contributed by atoms with Gasteiger partial charge in [-0.05, 0) is 42.8 Å². The van der Waals surface area contributed by atoms with Crippen molar-refractivity contribution in [3.8, 4) is 12.1 Å². The van der Waals surface area contributed by atoms with E-state index in [1.165, 1.54) is 12.1 Å². The number of halogens is 1. The van der Waals surface area contributed by atoms with E-state index >= 15 is 0 Å². The Morgan fingerprint density at radius 3 is 2.60 bits per heavy atom. The zero-order valence-corrected chi connectivity index (χ0v) is 10.9. The third-order valence-corrected chi connectivity index (χ3v) is 2.99. The minimum Gasteiger partial charge on any atom is -0.377 e. The summed E-state index contributed by atoms with van der Waals surface area (Å²) in [7, 11) is 0. The fourth-order valence-electron chi connectivity index (χ4n) is 1.93. The lowest BCUT2D eigenvalue weighted by Crippen LogP contribution is -2.08. The summed E-state index contributed by atoms with van der Waals surface area (Å²) >= 11 is 0. The summed E-state index contributed by atoms with van der Waals surface area (Å²) in [5.74, 6) is -0.439. The Kier molecular flexibility index (Phi) is 3.98. The van der Waals surface area contributed by atoms with Crippen molar-refractivity contribution in [2.24, 2.45) is 0 Å². The van der Waals surface area contributed by atoms with Crippen molar-refractivity contribution in [2.75, 3.05) is 5.32 Å². The van der Waals surface area contributed by atoms with E-state index in [-0.39, 0.29) is 11.6 Å². The van der Waals surface area contributed by atoms with Gasteiger partial charge < -0.3 is 5.32 Å². The van der Waals surface area contributed by atoms with Crippen LogP contribution in [-0.2, 0) is 0 Å². The topological polar surface area (TPSA) is 59.6 Å². The standard InChI is InChI=1S/C16H12FN3/c1-11(13-4-2-3-12(7-13)9-18)20-16-6-5-15(17)8-14(16)10-19/h2-8,11,20H,1H3. The fourth-order valence-corrected chi connectivity index (χ4v) is 1.93. The zero-order chi connectivity index (χ0) is 14.5. The Morgan fingerprint density at radius 2 is 1.90 bits per heavy atom. The van der Waals surface area contributed by atoms with E-state index in [9.17, 15) is 4.39 Å². The molecule has 98 valence electrons. The van der Waals surface area contributed by atoms with Gasteiger partial charge in [-0.2, -0.15) is 10.5 Å². The van der Waals surface area contributed by atoms with Gasteiger partial charge in [0, 0.05) is 6.04 Å². The zero-order valence-electron chi connectivity index (χ0n) is 10.9. The highest BCUT2D eigenvalue weighted by Crippen LogP contribution is 2.23. The molecule has 0 aliphatic heterocycles. The number of hydrogen-bond acceptors (Lipinski definition) is 3. The molecule has 2 aromatic rings. The van der Waals surface area contributed by atoms with Crippen LogP contribution in [0, 0.1) is 28.5 Å². The lowest BCUT2D eigenvalue weighted by Gasteiger charge is -2.17. The molecule has 1 unspecified atom stereocenters. The van der Waals surface area contributed by atoms with Gasteiger partial charge in [0.2, 0.25) is 0 Å². The predicted molar refractivity (Wildman–Crippen MR) is 74.3 cm³/mol. The van der Waals surface area contributed by atoms with Crippen molar-refractivity contribution in [3.63, 3.8) is 0 Å². The second kappa shape index (κ2) is 5.86. The molecule has 1 N–H and O–H groups in total. The van der Waals surface area contributed by atoms with Crippen molar-refractivity contribution in [2.45, 2.75) is 13.0 Å². The first-order valence-corrected chi connectivity index (χ1v) is 6.10. The van der Waals surface area contributed by atoms with Crippen molar-refractivity contribution >= 4 is 5.69 Å². The molecule has 0 amide bonds. The normalized spacial score (nSPS) is 11.2. The predicted octanol–water partition coefficient (Wildman–Crippen LogP) is 3.74. The molecule has 0 radical (unpaired) electrons. The van der Waals surface area contributed by atoms with Crippen LogP contribution >= 0.6 is 0 Å². The second-order valence-corrected chi connectivity index (χ2v) is 4.41. The van der Waals surface area contributed by atoms with E-state index in [4.69, 9.17) is 10.5 Å². The van der Waals surface area contributed by atoms with Gasteiger partial charge in [0.05, 0.1) is 22.9 Å². The van der Waals surface area contributed by atoms with Gasteiger partial charge in [-0.25, -0.2) is 4.39 Å². The van der Waals surface area contributed by atoms with E-state index < -0.39 is 5.82 Å². The molecule has 0 saturated heterocycles. The number of nitriles is 2. The summed E-state index contributed by atoms with van der Waals surface area (Å²) in [5.41, 5.74) is 2.34. The molecule has 2 rings (SSSR count). The Labute approximate surface area is 116 Å². The van der Waals surface area contributed by atoms with Crippen LogP contribution in [0.15, 0.2) is 42.5 Å². The Bertz CT molecular complexity index is 710. The maximum Gasteiger partial charge on any atom is 0.124 e. The number of hydrogen-bond donors (Lipinski definition) is 1. The van der Waals surface area contributed by atoms with Crippen molar-refractivity contribution < 1.29 is 4.39 Å². The Hall–Kier alpha value is -2.85. The summed E-state index contributed by atoms with van der Waals surface area (Å²) in [4.78, 5) is 0. The van der Waals surface area contributed by atoms with E-state index in [0.717, 1.165) is 5.56 Å². The van der Waals surface area contributed by atoms with Crippen molar-refractivity contribution in [3.05, 3.63) is 65.0 Å². The molecule has 0 aromatic heterocycles. The van der Waals surface area contributed by atoms with Crippen LogP contribution in [0.2, 0.25) is 0 Å². The molecule has 3 nitrogen and oxygen atoms in total. The molecule has 0 bridgehead atoms. The van der Waals surface area contributed by atoms with E-state index in [1.54, 1.807) is 18.2 Å². The summed E-state index contributed by atoms with van der Waals surface area (Å²) in [6.07, 6.45) is 0. The molecular formula is C16H12FN3. The summed E-state index contributed by atoms with van der Waals surface area (Å²) in [6.45, 7) is 1.92. The van der Waals surface area contributed by atoms with E-state index in [2.05, 4.69) is 11.4 Å². The molecule has 0 aliphatic carbocycles. The van der Waals surface area contributed by atoms with Crippen LogP contribution in [0.5, 0.6) is 0 Å². The van der Waals surface area contributed by atoms with Gasteiger partial charge in [-0.3, -0.25) is 0 Å². The van der Waals surface area contributed by atoms with Crippen LogP contribution in [0.3, 0.4) is 0 Å². The molecule has 0 aliphatic rings. The van der Waals surface area contributed by atoms with Crippen LogP contribution in [0.4, 0.5) is 10.1 Å². The van der Waals surface area contributed by atoms with Gasteiger partial charge in [-0.1, -0.05) is 12.1 Å². The highest BCUT2D eigenvalue weighted by atomic mass is 19.1. The smallest absolute Gasteiger partial charge is 0.124 e. The molecule has 0 fully saturated rings. The van der Waals surface area contributed by atoms with Crippen molar-refractivity contribution in [1.29, 1.82) is 10.5 Å². The first-order valence-electron chi connectivity index (χ1n) is 6.10. The minimum atomic E-state index is -0.439. The first-order chi connectivity index (χ1) is 9.63. The molecular weight excluding hydrogens is 253 g/mol. The maximum atomic E-state index is 13.1. The summed E-state index contributed by atoms with van der Waals surface area (Å²) in [5, 5.41) is 21.1. The summed E-state index contributed by atoms with van der Waals surface area (Å²) < 4.78 is 13.1. The van der Waals surface area contributed by atoms with Crippen LogP contribution in [0.25, 0.3) is 0 Å². The van der Waals surface area contributed by atoms with Gasteiger partial charge >= 0.3 is 0 Å². The van der Waals surface area contributed by atoms with Gasteiger partial charge in [0.1, 0.15) is 11.9 Å². The first kappa shape index (κ1) is 13.6. The van der Waals surface area contributed by atoms with Crippen molar-refractivity contribution in [1.82, 2.24) is 0 Å². The maximum absolute atomic E-state index is 13.1. The van der Waals surface area contributed by atoms with E-state index in [0.29, 0.717) is 11.3 Å². The third kappa shape index (κ3) is 2.93. The van der Waals surface area contributed by atoms with Crippen LogP contribution in [-0.4, -0.2) is 0 Å². The minimum absolute atomic E-state index is 0.0964. The molecule has 2 aromatic carbocycles. The number of anilines is 1. The number of nitrogens with zero attached hydrogens (tertiary/aromatic N) is 2. The molecule has 4 heteroatoms. The number of nitrogens with one attached hydrogen (secondary N) is 1.